The molecule has 7 nitrogen and oxygen atoms in total. The van der Waals surface area contributed by atoms with Crippen LogP contribution in [0.25, 0.3) is 0 Å². The van der Waals surface area contributed by atoms with Crippen molar-refractivity contribution in [1.29, 1.82) is 0 Å². The topological polar surface area (TPSA) is 79.1 Å². The van der Waals surface area contributed by atoms with Crippen LogP contribution in [0, 0.1) is 6.92 Å². The molecule has 0 saturated heterocycles. The van der Waals surface area contributed by atoms with Crippen LogP contribution >= 0.6 is 0 Å². The second kappa shape index (κ2) is 5.94. The molecule has 19 heavy (non-hydrogen) atoms. The SMILES string of the molecule is COC(=O)c1ccccc1OCCn1nnnc1C. The summed E-state index contributed by atoms with van der Waals surface area (Å²) in [5, 5.41) is 11.1. The van der Waals surface area contributed by atoms with Gasteiger partial charge in [-0.1, -0.05) is 12.1 Å². The number of tetrazole rings is 1. The molecule has 0 aliphatic carbocycles. The maximum absolute atomic E-state index is 11.5. The minimum absolute atomic E-state index is 0.361. The molecule has 0 amide bonds. The van der Waals surface area contributed by atoms with E-state index in [1.165, 1.54) is 7.11 Å². The largest absolute Gasteiger partial charge is 0.491 e. The number of methoxy groups -OCH3 is 1. The predicted octanol–water partition coefficient (Wildman–Crippen LogP) is 0.847. The van der Waals surface area contributed by atoms with Gasteiger partial charge in [0.25, 0.3) is 0 Å². The van der Waals surface area contributed by atoms with E-state index in [0.29, 0.717) is 30.3 Å². The van der Waals surface area contributed by atoms with Gasteiger partial charge in [-0.15, -0.1) is 5.10 Å². The van der Waals surface area contributed by atoms with Crippen molar-refractivity contribution < 1.29 is 14.3 Å². The molecule has 0 spiro atoms. The molecule has 0 saturated carbocycles. The van der Waals surface area contributed by atoms with Crippen LogP contribution in [0.15, 0.2) is 24.3 Å². The highest BCUT2D eigenvalue weighted by Crippen LogP contribution is 2.18. The molecule has 0 aliphatic heterocycles. The van der Waals surface area contributed by atoms with Crippen LogP contribution in [0.1, 0.15) is 16.2 Å². The lowest BCUT2D eigenvalue weighted by Gasteiger charge is -2.10. The molecule has 0 radical (unpaired) electrons. The summed E-state index contributed by atoms with van der Waals surface area (Å²) in [4.78, 5) is 11.5. The number of para-hydroxylation sites is 1. The Hall–Kier alpha value is -2.44. The second-order valence-corrected chi connectivity index (χ2v) is 3.79. The minimum Gasteiger partial charge on any atom is -0.491 e. The van der Waals surface area contributed by atoms with Gasteiger partial charge in [-0.2, -0.15) is 0 Å². The Morgan fingerprint density at radius 3 is 2.84 bits per heavy atom. The Bertz CT molecular complexity index is 568. The molecule has 2 rings (SSSR count). The number of hydrogen-bond acceptors (Lipinski definition) is 6. The van der Waals surface area contributed by atoms with Gasteiger partial charge in [0.2, 0.25) is 0 Å². The highest BCUT2D eigenvalue weighted by atomic mass is 16.5. The van der Waals surface area contributed by atoms with Crippen molar-refractivity contribution in [2.24, 2.45) is 0 Å². The number of hydrogen-bond donors (Lipinski definition) is 0. The number of carbonyl (C=O) groups is 1. The van der Waals surface area contributed by atoms with Gasteiger partial charge in [-0.3, -0.25) is 0 Å². The summed E-state index contributed by atoms with van der Waals surface area (Å²) in [7, 11) is 1.34. The lowest BCUT2D eigenvalue weighted by atomic mass is 10.2. The Morgan fingerprint density at radius 2 is 2.16 bits per heavy atom. The maximum atomic E-state index is 11.5. The van der Waals surface area contributed by atoms with Crippen LogP contribution in [-0.2, 0) is 11.3 Å². The van der Waals surface area contributed by atoms with Crippen LogP contribution in [0.4, 0.5) is 0 Å². The van der Waals surface area contributed by atoms with Crippen molar-refractivity contribution in [1.82, 2.24) is 20.2 Å². The third kappa shape index (κ3) is 3.06. The van der Waals surface area contributed by atoms with E-state index < -0.39 is 5.97 Å². The van der Waals surface area contributed by atoms with Gasteiger partial charge >= 0.3 is 5.97 Å². The molecule has 7 heteroatoms. The monoisotopic (exact) mass is 262 g/mol. The zero-order chi connectivity index (χ0) is 13.7. The summed E-state index contributed by atoms with van der Waals surface area (Å²) >= 11 is 0. The average Bonchev–Trinajstić information content (AvgIpc) is 2.84. The van der Waals surface area contributed by atoms with Crippen LogP contribution in [-0.4, -0.2) is 39.9 Å². The van der Waals surface area contributed by atoms with E-state index in [1.54, 1.807) is 28.9 Å². The highest BCUT2D eigenvalue weighted by Gasteiger charge is 2.12. The first-order valence-electron chi connectivity index (χ1n) is 5.75. The zero-order valence-electron chi connectivity index (χ0n) is 10.7. The van der Waals surface area contributed by atoms with Gasteiger partial charge in [0, 0.05) is 0 Å². The van der Waals surface area contributed by atoms with Crippen molar-refractivity contribution >= 4 is 5.97 Å². The van der Waals surface area contributed by atoms with Crippen molar-refractivity contribution in [2.45, 2.75) is 13.5 Å². The lowest BCUT2D eigenvalue weighted by molar-refractivity contribution is 0.0596. The fourth-order valence-electron chi connectivity index (χ4n) is 1.57. The standard InChI is InChI=1S/C12H14N4O3/c1-9-13-14-15-16(9)7-8-19-11-6-4-3-5-10(11)12(17)18-2/h3-6H,7-8H2,1-2H3. The smallest absolute Gasteiger partial charge is 0.341 e. The van der Waals surface area contributed by atoms with Gasteiger partial charge in [0.05, 0.1) is 13.7 Å². The lowest BCUT2D eigenvalue weighted by Crippen LogP contribution is -2.13. The molecule has 1 aromatic heterocycles. The molecule has 0 bridgehead atoms. The number of aryl methyl sites for hydroxylation is 1. The Morgan fingerprint density at radius 1 is 1.37 bits per heavy atom. The van der Waals surface area contributed by atoms with E-state index in [1.807, 2.05) is 6.92 Å². The quantitative estimate of drug-likeness (QED) is 0.743. The van der Waals surface area contributed by atoms with E-state index in [9.17, 15) is 4.79 Å². The Labute approximate surface area is 110 Å². The van der Waals surface area contributed by atoms with E-state index in [4.69, 9.17) is 9.47 Å². The van der Waals surface area contributed by atoms with Crippen LogP contribution in [0.2, 0.25) is 0 Å². The summed E-state index contributed by atoms with van der Waals surface area (Å²) < 4.78 is 11.9. The number of carbonyl (C=O) groups excluding carboxylic acids is 1. The summed E-state index contributed by atoms with van der Waals surface area (Å²) in [5.74, 6) is 0.777. The van der Waals surface area contributed by atoms with Crippen molar-refractivity contribution in [3.05, 3.63) is 35.7 Å². The van der Waals surface area contributed by atoms with E-state index in [0.717, 1.165) is 0 Å². The minimum atomic E-state index is -0.422. The maximum Gasteiger partial charge on any atom is 0.341 e. The molecule has 0 unspecified atom stereocenters. The molecule has 1 aromatic carbocycles. The van der Waals surface area contributed by atoms with Crippen LogP contribution < -0.4 is 4.74 Å². The van der Waals surface area contributed by atoms with Gasteiger partial charge in [0.1, 0.15) is 23.7 Å². The first-order chi connectivity index (χ1) is 9.22. The Balaban J connectivity index is 2.00. The summed E-state index contributed by atoms with van der Waals surface area (Å²) in [6.45, 7) is 2.68. The van der Waals surface area contributed by atoms with Crippen LogP contribution in [0.5, 0.6) is 5.75 Å². The number of ether oxygens (including phenoxy) is 2. The number of nitrogens with zero attached hydrogens (tertiary/aromatic N) is 4. The van der Waals surface area contributed by atoms with Gasteiger partial charge in [-0.05, 0) is 29.5 Å². The molecule has 1 heterocycles. The van der Waals surface area contributed by atoms with Crippen LogP contribution in [0.3, 0.4) is 0 Å². The molecule has 0 aliphatic rings. The second-order valence-electron chi connectivity index (χ2n) is 3.79. The fraction of sp³-hybridized carbons (Fsp3) is 0.333. The molecular weight excluding hydrogens is 248 g/mol. The molecule has 100 valence electrons. The van der Waals surface area contributed by atoms with Gasteiger partial charge < -0.3 is 9.47 Å². The number of benzene rings is 1. The molecular formula is C12H14N4O3. The number of esters is 1. The van der Waals surface area contributed by atoms with E-state index in [2.05, 4.69) is 15.5 Å². The summed E-state index contributed by atoms with van der Waals surface area (Å²) in [6.07, 6.45) is 0. The Kier molecular flexibility index (Phi) is 4.07. The molecule has 0 N–H and O–H groups in total. The van der Waals surface area contributed by atoms with E-state index >= 15 is 0 Å². The van der Waals surface area contributed by atoms with Crippen molar-refractivity contribution in [2.75, 3.05) is 13.7 Å². The summed E-state index contributed by atoms with van der Waals surface area (Å²) in [6, 6.07) is 6.93. The van der Waals surface area contributed by atoms with Gasteiger partial charge in [-0.25, -0.2) is 9.48 Å². The normalized spacial score (nSPS) is 10.2. The van der Waals surface area contributed by atoms with E-state index in [-0.39, 0.29) is 0 Å². The first-order valence-corrected chi connectivity index (χ1v) is 5.75. The molecule has 0 atom stereocenters. The molecule has 2 aromatic rings. The third-order valence-electron chi connectivity index (χ3n) is 2.56. The fourth-order valence-corrected chi connectivity index (χ4v) is 1.57. The van der Waals surface area contributed by atoms with Gasteiger partial charge in [0.15, 0.2) is 0 Å². The van der Waals surface area contributed by atoms with Crippen molar-refractivity contribution in [3.63, 3.8) is 0 Å². The first kappa shape index (κ1) is 13.0. The number of aromatic nitrogens is 4. The zero-order valence-corrected chi connectivity index (χ0v) is 10.7. The average molecular weight is 262 g/mol. The third-order valence-corrected chi connectivity index (χ3v) is 2.56. The highest BCUT2D eigenvalue weighted by molar-refractivity contribution is 5.92. The summed E-state index contributed by atoms with van der Waals surface area (Å²) in [5.41, 5.74) is 0.401. The van der Waals surface area contributed by atoms with Crippen molar-refractivity contribution in [3.8, 4) is 5.75 Å². The number of rotatable bonds is 5. The molecule has 0 fully saturated rings. The predicted molar refractivity (Wildman–Crippen MR) is 65.8 cm³/mol.